The van der Waals surface area contributed by atoms with Crippen molar-refractivity contribution in [1.82, 2.24) is 9.97 Å². The van der Waals surface area contributed by atoms with Crippen molar-refractivity contribution >= 4 is 17.3 Å². The molecule has 152 valence electrons. The van der Waals surface area contributed by atoms with Crippen LogP contribution in [-0.4, -0.2) is 29.2 Å². The lowest BCUT2D eigenvalue weighted by Crippen LogP contribution is -2.07. The van der Waals surface area contributed by atoms with E-state index in [1.165, 1.54) is 25.5 Å². The zero-order valence-corrected chi connectivity index (χ0v) is 16.8. The number of anilines is 2. The van der Waals surface area contributed by atoms with Crippen LogP contribution in [0.25, 0.3) is 11.4 Å². The molecule has 1 aromatic heterocycles. The number of carbonyl (C=O) groups is 1. The molecule has 1 N–H and O–H groups in total. The number of carbonyl (C=O) groups excluding carboxylic acids is 1. The fourth-order valence-corrected chi connectivity index (χ4v) is 3.40. The zero-order chi connectivity index (χ0) is 20.5. The number of esters is 1. The second-order valence-electron chi connectivity index (χ2n) is 7.84. The van der Waals surface area contributed by atoms with Crippen LogP contribution >= 0.6 is 0 Å². The van der Waals surface area contributed by atoms with Crippen LogP contribution in [0.1, 0.15) is 47.5 Å². The number of ether oxygens (including phenoxy) is 2. The normalized spacial score (nSPS) is 15.5. The minimum Gasteiger partial charge on any atom is -0.490 e. The van der Waals surface area contributed by atoms with E-state index in [2.05, 4.69) is 21.4 Å². The summed E-state index contributed by atoms with van der Waals surface area (Å²) in [5.41, 5.74) is 4.00. The molecular formula is C24H23N3O3. The average molecular weight is 401 g/mol. The molecule has 0 unspecified atom stereocenters. The Labute approximate surface area is 175 Å². The van der Waals surface area contributed by atoms with Gasteiger partial charge in [0, 0.05) is 5.56 Å². The average Bonchev–Trinajstić information content (AvgIpc) is 3.69. The van der Waals surface area contributed by atoms with Gasteiger partial charge in [0.2, 0.25) is 0 Å². The maximum Gasteiger partial charge on any atom is 0.339 e. The van der Waals surface area contributed by atoms with Gasteiger partial charge in [0.05, 0.1) is 42.5 Å². The third-order valence-electron chi connectivity index (χ3n) is 5.35. The smallest absolute Gasteiger partial charge is 0.339 e. The fraction of sp³-hybridized carbons (Fsp3) is 0.292. The maximum atomic E-state index is 12.3. The second-order valence-corrected chi connectivity index (χ2v) is 7.84. The summed E-state index contributed by atoms with van der Waals surface area (Å²) in [5.74, 6) is 1.67. The van der Waals surface area contributed by atoms with E-state index < -0.39 is 0 Å². The van der Waals surface area contributed by atoms with Crippen LogP contribution in [0, 0.1) is 0 Å². The molecule has 2 aliphatic carbocycles. The van der Waals surface area contributed by atoms with Crippen LogP contribution in [0.4, 0.5) is 11.4 Å². The Balaban J connectivity index is 1.35. The molecule has 0 bridgehead atoms. The number of methoxy groups -OCH3 is 1. The van der Waals surface area contributed by atoms with Crippen molar-refractivity contribution in [2.45, 2.75) is 37.7 Å². The van der Waals surface area contributed by atoms with Crippen LogP contribution in [0.5, 0.6) is 5.75 Å². The van der Waals surface area contributed by atoms with Crippen molar-refractivity contribution in [3.63, 3.8) is 0 Å². The van der Waals surface area contributed by atoms with Crippen LogP contribution < -0.4 is 10.1 Å². The molecule has 6 nitrogen and oxygen atoms in total. The summed E-state index contributed by atoms with van der Waals surface area (Å²) in [6.45, 7) is 0. The van der Waals surface area contributed by atoms with Gasteiger partial charge >= 0.3 is 5.97 Å². The summed E-state index contributed by atoms with van der Waals surface area (Å²) in [6, 6.07) is 13.7. The Hall–Kier alpha value is -3.41. The Morgan fingerprint density at radius 3 is 2.53 bits per heavy atom. The first kappa shape index (κ1) is 18.6. The molecule has 0 spiro atoms. The minimum atomic E-state index is -0.356. The third-order valence-corrected chi connectivity index (χ3v) is 5.35. The molecular weight excluding hydrogens is 378 g/mol. The summed E-state index contributed by atoms with van der Waals surface area (Å²) >= 11 is 0. The van der Waals surface area contributed by atoms with Gasteiger partial charge in [-0.2, -0.15) is 0 Å². The Morgan fingerprint density at radius 1 is 1.03 bits per heavy atom. The first-order valence-corrected chi connectivity index (χ1v) is 10.3. The van der Waals surface area contributed by atoms with E-state index >= 15 is 0 Å². The van der Waals surface area contributed by atoms with E-state index in [0.717, 1.165) is 24.2 Å². The quantitative estimate of drug-likeness (QED) is 0.556. The molecule has 2 aliphatic rings. The molecule has 0 amide bonds. The summed E-state index contributed by atoms with van der Waals surface area (Å²) in [5, 5.41) is 3.25. The Morgan fingerprint density at radius 2 is 1.83 bits per heavy atom. The number of rotatable bonds is 7. The van der Waals surface area contributed by atoms with Crippen LogP contribution in [-0.2, 0) is 4.74 Å². The summed E-state index contributed by atoms with van der Waals surface area (Å²) in [7, 11) is 1.40. The van der Waals surface area contributed by atoms with E-state index in [-0.39, 0.29) is 5.97 Å². The Kier molecular flexibility index (Phi) is 4.83. The van der Waals surface area contributed by atoms with Gasteiger partial charge < -0.3 is 14.8 Å². The number of hydrogen-bond acceptors (Lipinski definition) is 6. The first-order chi connectivity index (χ1) is 14.7. The first-order valence-electron chi connectivity index (χ1n) is 10.3. The molecule has 0 radical (unpaired) electrons. The highest BCUT2D eigenvalue weighted by atomic mass is 16.5. The number of nitrogens with one attached hydrogen (secondary N) is 1. The van der Waals surface area contributed by atoms with E-state index in [9.17, 15) is 4.79 Å². The molecule has 6 heteroatoms. The predicted molar refractivity (Wildman–Crippen MR) is 114 cm³/mol. The van der Waals surface area contributed by atoms with Crippen molar-refractivity contribution in [3.05, 3.63) is 66.0 Å². The van der Waals surface area contributed by atoms with Crippen molar-refractivity contribution in [1.29, 1.82) is 0 Å². The van der Waals surface area contributed by atoms with Gasteiger partial charge in [0.25, 0.3) is 0 Å². The van der Waals surface area contributed by atoms with Gasteiger partial charge in [0.1, 0.15) is 5.75 Å². The molecule has 0 saturated heterocycles. The SMILES string of the molecule is COC(=O)c1cc(C2CC2)ccc1Nc1cnc(-c2cccc(OC3CC3)c2)nc1. The maximum absolute atomic E-state index is 12.3. The monoisotopic (exact) mass is 401 g/mol. The van der Waals surface area contributed by atoms with E-state index in [1.54, 1.807) is 12.4 Å². The van der Waals surface area contributed by atoms with Gasteiger partial charge in [-0.15, -0.1) is 0 Å². The number of aromatic nitrogens is 2. The fourth-order valence-electron chi connectivity index (χ4n) is 3.40. The van der Waals surface area contributed by atoms with Crippen LogP contribution in [0.2, 0.25) is 0 Å². The van der Waals surface area contributed by atoms with Crippen molar-refractivity contribution in [2.24, 2.45) is 0 Å². The topological polar surface area (TPSA) is 73.3 Å². The largest absolute Gasteiger partial charge is 0.490 e. The van der Waals surface area contributed by atoms with Crippen molar-refractivity contribution < 1.29 is 14.3 Å². The molecule has 3 aromatic rings. The van der Waals surface area contributed by atoms with Gasteiger partial charge in [-0.1, -0.05) is 18.2 Å². The highest BCUT2D eigenvalue weighted by Crippen LogP contribution is 2.41. The number of nitrogens with zero attached hydrogens (tertiary/aromatic N) is 2. The van der Waals surface area contributed by atoms with Gasteiger partial charge in [0.15, 0.2) is 5.82 Å². The molecule has 2 aromatic carbocycles. The van der Waals surface area contributed by atoms with Crippen LogP contribution in [0.15, 0.2) is 54.9 Å². The van der Waals surface area contributed by atoms with Crippen molar-refractivity contribution in [2.75, 3.05) is 12.4 Å². The molecule has 5 rings (SSSR count). The van der Waals surface area contributed by atoms with Gasteiger partial charge in [-0.25, -0.2) is 14.8 Å². The lowest BCUT2D eigenvalue weighted by Gasteiger charge is -2.12. The number of hydrogen-bond donors (Lipinski definition) is 1. The van der Waals surface area contributed by atoms with E-state index in [1.807, 2.05) is 36.4 Å². The van der Waals surface area contributed by atoms with Crippen molar-refractivity contribution in [3.8, 4) is 17.1 Å². The van der Waals surface area contributed by atoms with E-state index in [0.29, 0.717) is 34.8 Å². The Bertz CT molecular complexity index is 1070. The zero-order valence-electron chi connectivity index (χ0n) is 16.8. The summed E-state index contributed by atoms with van der Waals surface area (Å²) in [6.07, 6.45) is 8.37. The summed E-state index contributed by atoms with van der Waals surface area (Å²) in [4.78, 5) is 21.2. The highest BCUT2D eigenvalue weighted by Gasteiger charge is 2.25. The molecule has 1 heterocycles. The second kappa shape index (κ2) is 7.78. The molecule has 0 atom stereocenters. The van der Waals surface area contributed by atoms with Gasteiger partial charge in [-0.05, 0) is 61.4 Å². The van der Waals surface area contributed by atoms with Crippen LogP contribution in [0.3, 0.4) is 0 Å². The lowest BCUT2D eigenvalue weighted by molar-refractivity contribution is 0.0602. The standard InChI is InChI=1S/C24H23N3O3/c1-29-24(28)21-12-16(15-5-6-15)7-10-22(21)27-18-13-25-23(26-14-18)17-3-2-4-20(11-17)30-19-8-9-19/h2-4,7,10-15,19,27H,5-6,8-9H2,1H3. The summed E-state index contributed by atoms with van der Waals surface area (Å²) < 4.78 is 10.8. The molecule has 30 heavy (non-hydrogen) atoms. The molecule has 2 saturated carbocycles. The van der Waals surface area contributed by atoms with Gasteiger partial charge in [-0.3, -0.25) is 0 Å². The molecule has 2 fully saturated rings. The van der Waals surface area contributed by atoms with E-state index in [4.69, 9.17) is 9.47 Å². The number of benzene rings is 2. The third kappa shape index (κ3) is 4.13. The lowest BCUT2D eigenvalue weighted by atomic mass is 10.0. The molecule has 0 aliphatic heterocycles. The minimum absolute atomic E-state index is 0.350. The predicted octanol–water partition coefficient (Wildman–Crippen LogP) is 5.09. The highest BCUT2D eigenvalue weighted by molar-refractivity contribution is 5.96.